The molecule has 144 valence electrons. The highest BCUT2D eigenvalue weighted by molar-refractivity contribution is 7.17. The molecule has 1 aliphatic carbocycles. The van der Waals surface area contributed by atoms with Gasteiger partial charge >= 0.3 is 0 Å². The summed E-state index contributed by atoms with van der Waals surface area (Å²) in [5.41, 5.74) is 8.38. The quantitative estimate of drug-likeness (QED) is 0.578. The zero-order chi connectivity index (χ0) is 19.7. The summed E-state index contributed by atoms with van der Waals surface area (Å²) in [5, 5.41) is 9.26. The van der Waals surface area contributed by atoms with Crippen LogP contribution >= 0.6 is 22.7 Å². The van der Waals surface area contributed by atoms with Crippen molar-refractivity contribution in [2.24, 2.45) is 11.7 Å². The molecule has 2 amide bonds. The van der Waals surface area contributed by atoms with Crippen LogP contribution in [0.15, 0.2) is 35.8 Å². The molecular weight excluding hydrogens is 392 g/mol. The number of thiazole rings is 1. The third kappa shape index (κ3) is 3.79. The third-order valence-electron chi connectivity index (χ3n) is 4.79. The molecule has 1 atom stereocenters. The average Bonchev–Trinajstić information content (AvgIpc) is 3.28. The molecule has 1 aromatic carbocycles. The van der Waals surface area contributed by atoms with Gasteiger partial charge in [-0.15, -0.1) is 22.7 Å². The van der Waals surface area contributed by atoms with Gasteiger partial charge in [-0.3, -0.25) is 9.59 Å². The molecule has 3 aromatic rings. The molecule has 0 radical (unpaired) electrons. The van der Waals surface area contributed by atoms with Gasteiger partial charge in [0.05, 0.1) is 5.56 Å². The van der Waals surface area contributed by atoms with Gasteiger partial charge in [0.2, 0.25) is 0 Å². The zero-order valence-corrected chi connectivity index (χ0v) is 17.0. The van der Waals surface area contributed by atoms with Crippen molar-refractivity contribution < 1.29 is 9.59 Å². The minimum atomic E-state index is -0.485. The molecule has 4 N–H and O–H groups in total. The van der Waals surface area contributed by atoms with Crippen LogP contribution < -0.4 is 16.4 Å². The molecule has 4 rings (SSSR count). The molecule has 0 bridgehead atoms. The number of carbonyl (C=O) groups excluding carboxylic acids is 2. The van der Waals surface area contributed by atoms with Gasteiger partial charge in [-0.2, -0.15) is 0 Å². The van der Waals surface area contributed by atoms with Gasteiger partial charge in [-0.05, 0) is 48.9 Å². The molecule has 0 saturated heterocycles. The summed E-state index contributed by atoms with van der Waals surface area (Å²) in [4.78, 5) is 30.2. The van der Waals surface area contributed by atoms with Crippen molar-refractivity contribution in [2.45, 2.75) is 26.2 Å². The molecule has 0 spiro atoms. The Morgan fingerprint density at radius 3 is 2.93 bits per heavy atom. The minimum Gasteiger partial charge on any atom is -0.365 e. The molecular formula is C20H20N4O2S2. The lowest BCUT2D eigenvalue weighted by molar-refractivity contribution is 0.1000. The maximum Gasteiger partial charge on any atom is 0.256 e. The van der Waals surface area contributed by atoms with E-state index in [0.717, 1.165) is 40.5 Å². The van der Waals surface area contributed by atoms with Crippen molar-refractivity contribution in [1.82, 2.24) is 4.98 Å². The average molecular weight is 413 g/mol. The normalized spacial score (nSPS) is 15.7. The van der Waals surface area contributed by atoms with Gasteiger partial charge in [-0.25, -0.2) is 4.98 Å². The van der Waals surface area contributed by atoms with E-state index in [2.05, 4.69) is 22.5 Å². The maximum absolute atomic E-state index is 12.8. The molecule has 1 aliphatic rings. The molecule has 0 saturated carbocycles. The summed E-state index contributed by atoms with van der Waals surface area (Å²) >= 11 is 2.95. The van der Waals surface area contributed by atoms with Gasteiger partial charge in [0, 0.05) is 27.7 Å². The third-order valence-corrected chi connectivity index (χ3v) is 6.65. The summed E-state index contributed by atoms with van der Waals surface area (Å²) in [6.45, 7) is 2.20. The number of carbonyl (C=O) groups is 2. The number of rotatable bonds is 5. The number of hydrogen-bond acceptors (Lipinski definition) is 6. The number of aromatic nitrogens is 1. The van der Waals surface area contributed by atoms with Gasteiger partial charge in [-0.1, -0.05) is 13.0 Å². The van der Waals surface area contributed by atoms with Crippen LogP contribution in [0, 0.1) is 5.92 Å². The van der Waals surface area contributed by atoms with Gasteiger partial charge in [0.1, 0.15) is 5.00 Å². The fourth-order valence-electron chi connectivity index (χ4n) is 3.42. The van der Waals surface area contributed by atoms with Crippen molar-refractivity contribution in [3.8, 4) is 0 Å². The Balaban J connectivity index is 1.58. The van der Waals surface area contributed by atoms with E-state index in [4.69, 9.17) is 5.73 Å². The van der Waals surface area contributed by atoms with Crippen molar-refractivity contribution >= 4 is 50.3 Å². The standard InChI is InChI=1S/C20H20N4O2S2/c1-11-5-6-14-15(9-11)28-19(16(14)17(21)25)24-18(26)12-3-2-4-13(10-12)23-20-22-7-8-27-20/h2-4,7-8,10-11H,5-6,9H2,1H3,(H2,21,25)(H,22,23)(H,24,26). The zero-order valence-electron chi connectivity index (χ0n) is 15.3. The summed E-state index contributed by atoms with van der Waals surface area (Å²) in [6.07, 6.45) is 4.49. The number of anilines is 3. The van der Waals surface area contributed by atoms with Crippen LogP contribution in [-0.2, 0) is 12.8 Å². The highest BCUT2D eigenvalue weighted by Gasteiger charge is 2.27. The van der Waals surface area contributed by atoms with Crippen LogP contribution in [0.1, 0.15) is 44.5 Å². The van der Waals surface area contributed by atoms with Crippen LogP contribution in [0.2, 0.25) is 0 Å². The lowest BCUT2D eigenvalue weighted by atomic mass is 9.88. The number of nitrogens with one attached hydrogen (secondary N) is 2. The minimum absolute atomic E-state index is 0.267. The van der Waals surface area contributed by atoms with E-state index >= 15 is 0 Å². The van der Waals surface area contributed by atoms with Gasteiger partial charge in [0.15, 0.2) is 5.13 Å². The first-order valence-corrected chi connectivity index (χ1v) is 10.7. The summed E-state index contributed by atoms with van der Waals surface area (Å²) in [6, 6.07) is 7.18. The first kappa shape index (κ1) is 18.6. The second-order valence-corrected chi connectivity index (χ2v) is 8.92. The Morgan fingerprint density at radius 1 is 1.32 bits per heavy atom. The van der Waals surface area contributed by atoms with E-state index in [-0.39, 0.29) is 5.91 Å². The van der Waals surface area contributed by atoms with Crippen LogP contribution in [0.5, 0.6) is 0 Å². The summed E-state index contributed by atoms with van der Waals surface area (Å²) in [7, 11) is 0. The topological polar surface area (TPSA) is 97.1 Å². The molecule has 0 fully saturated rings. The van der Waals surface area contributed by atoms with Crippen molar-refractivity contribution in [1.29, 1.82) is 0 Å². The van der Waals surface area contributed by atoms with E-state index in [1.165, 1.54) is 22.7 Å². The molecule has 0 aliphatic heterocycles. The summed E-state index contributed by atoms with van der Waals surface area (Å²) in [5.74, 6) is -0.178. The van der Waals surface area contributed by atoms with Crippen LogP contribution in [0.3, 0.4) is 0 Å². The number of fused-ring (bicyclic) bond motifs is 1. The Morgan fingerprint density at radius 2 is 2.18 bits per heavy atom. The fraction of sp³-hybridized carbons (Fsp3) is 0.250. The second kappa shape index (κ2) is 7.73. The maximum atomic E-state index is 12.8. The van der Waals surface area contributed by atoms with Crippen molar-refractivity contribution in [2.75, 3.05) is 10.6 Å². The number of nitrogens with zero attached hydrogens (tertiary/aromatic N) is 1. The smallest absolute Gasteiger partial charge is 0.256 e. The van der Waals surface area contributed by atoms with Crippen LogP contribution in [-0.4, -0.2) is 16.8 Å². The van der Waals surface area contributed by atoms with E-state index in [9.17, 15) is 9.59 Å². The van der Waals surface area contributed by atoms with Crippen LogP contribution in [0.4, 0.5) is 15.8 Å². The molecule has 28 heavy (non-hydrogen) atoms. The number of benzene rings is 1. The lowest BCUT2D eigenvalue weighted by Crippen LogP contribution is -2.19. The lowest BCUT2D eigenvalue weighted by Gasteiger charge is -2.18. The number of amides is 2. The SMILES string of the molecule is CC1CCc2c(sc(NC(=O)c3cccc(Nc4nccs4)c3)c2C(N)=O)C1. The Labute approximate surface area is 170 Å². The largest absolute Gasteiger partial charge is 0.365 e. The molecule has 8 heteroatoms. The fourth-order valence-corrected chi connectivity index (χ4v) is 5.38. The Bertz CT molecular complexity index is 1030. The van der Waals surface area contributed by atoms with E-state index < -0.39 is 5.91 Å². The highest BCUT2D eigenvalue weighted by Crippen LogP contribution is 2.39. The first-order chi connectivity index (χ1) is 13.5. The number of thiophene rings is 1. The Kier molecular flexibility index (Phi) is 5.15. The summed E-state index contributed by atoms with van der Waals surface area (Å²) < 4.78 is 0. The predicted octanol–water partition coefficient (Wildman–Crippen LogP) is 4.42. The van der Waals surface area contributed by atoms with Crippen LogP contribution in [0.25, 0.3) is 0 Å². The first-order valence-electron chi connectivity index (χ1n) is 9.03. The number of nitrogens with two attached hydrogens (primary N) is 1. The second-order valence-electron chi connectivity index (χ2n) is 6.92. The van der Waals surface area contributed by atoms with E-state index in [1.807, 2.05) is 11.4 Å². The number of primary amides is 1. The Hall–Kier alpha value is -2.71. The van der Waals surface area contributed by atoms with Gasteiger partial charge < -0.3 is 16.4 Å². The van der Waals surface area contributed by atoms with Gasteiger partial charge in [0.25, 0.3) is 11.8 Å². The van der Waals surface area contributed by atoms with E-state index in [1.54, 1.807) is 24.4 Å². The monoisotopic (exact) mass is 412 g/mol. The number of hydrogen-bond donors (Lipinski definition) is 3. The van der Waals surface area contributed by atoms with Crippen molar-refractivity contribution in [3.05, 3.63) is 57.4 Å². The molecule has 6 nitrogen and oxygen atoms in total. The molecule has 2 heterocycles. The van der Waals surface area contributed by atoms with Crippen molar-refractivity contribution in [3.63, 3.8) is 0 Å². The molecule has 1 unspecified atom stereocenters. The molecule has 2 aromatic heterocycles. The highest BCUT2D eigenvalue weighted by atomic mass is 32.1. The van der Waals surface area contributed by atoms with E-state index in [0.29, 0.717) is 22.0 Å². The predicted molar refractivity (Wildman–Crippen MR) is 114 cm³/mol.